The summed E-state index contributed by atoms with van der Waals surface area (Å²) >= 11 is 12.7. The first-order valence-electron chi connectivity index (χ1n) is 8.19. The van der Waals surface area contributed by atoms with E-state index in [1.165, 1.54) is 6.07 Å². The van der Waals surface area contributed by atoms with Crippen LogP contribution in [0.1, 0.15) is 25.7 Å². The van der Waals surface area contributed by atoms with Crippen LogP contribution in [0.15, 0.2) is 30.3 Å². The average molecular weight is 461 g/mol. The lowest BCUT2D eigenvalue weighted by molar-refractivity contribution is -0.0689. The third kappa shape index (κ3) is 6.25. The van der Waals surface area contributed by atoms with Crippen LogP contribution in [0.2, 0.25) is 29.7 Å². The topological polar surface area (TPSA) is 17.1 Å². The van der Waals surface area contributed by atoms with Crippen molar-refractivity contribution in [2.75, 3.05) is 0 Å². The second-order valence-corrected chi connectivity index (χ2v) is 13.9. The highest BCUT2D eigenvalue weighted by Gasteiger charge is 2.36. The molecule has 2 aromatic rings. The van der Waals surface area contributed by atoms with E-state index in [-0.39, 0.29) is 20.5 Å². The number of carbonyl (C=O) groups is 1. The summed E-state index contributed by atoms with van der Waals surface area (Å²) in [6.07, 6.45) is -4.15. The maximum atomic E-state index is 13.6. The summed E-state index contributed by atoms with van der Waals surface area (Å²) in [5.74, 6) is 2.32. The molecule has 0 spiro atoms. The normalized spacial score (nSPS) is 12.5. The van der Waals surface area contributed by atoms with Crippen LogP contribution in [0.25, 0.3) is 5.57 Å². The summed E-state index contributed by atoms with van der Waals surface area (Å²) in [6, 6.07) is 5.15. The average Bonchev–Trinajstić information content (AvgIpc) is 2.88. The van der Waals surface area contributed by atoms with Crippen molar-refractivity contribution in [1.29, 1.82) is 0 Å². The third-order valence-electron chi connectivity index (χ3n) is 3.47. The number of alkyl halides is 3. The number of aryl methyl sites for hydroxylation is 1. The number of hydrogen-bond donors (Lipinski definition) is 0. The Bertz CT molecular complexity index is 985. The lowest BCUT2D eigenvalue weighted by Gasteiger charge is -2.12. The number of allylic oxidation sites excluding steroid dienone is 2. The molecule has 0 fully saturated rings. The van der Waals surface area contributed by atoms with Gasteiger partial charge in [0.2, 0.25) is 0 Å². The number of hydrogen-bond acceptors (Lipinski definition) is 2. The first-order valence-corrected chi connectivity index (χ1v) is 13.3. The van der Waals surface area contributed by atoms with E-state index < -0.39 is 25.6 Å². The van der Waals surface area contributed by atoms with Crippen LogP contribution in [0.3, 0.4) is 0 Å². The standard InChI is InChI=1S/C20H17Cl2F3OSSi/c1-12-7-19(27-18(12)5-6-28(2,3)4)17(26)11-16(20(23,24)25)13-8-14(21)10-15(22)9-13/h7-11H,1-4H3. The molecular weight excluding hydrogens is 444 g/mol. The molecule has 0 saturated carbocycles. The number of ketones is 1. The maximum absolute atomic E-state index is 13.6. The Morgan fingerprint density at radius 2 is 1.68 bits per heavy atom. The molecule has 1 heterocycles. The monoisotopic (exact) mass is 460 g/mol. The van der Waals surface area contributed by atoms with E-state index in [4.69, 9.17) is 23.2 Å². The minimum atomic E-state index is -4.74. The van der Waals surface area contributed by atoms with Crippen LogP contribution in [0.5, 0.6) is 0 Å². The SMILES string of the molecule is Cc1cc(C(=O)C=C(c2cc(Cl)cc(Cl)c2)C(F)(F)F)sc1C#C[Si](C)(C)C. The van der Waals surface area contributed by atoms with Crippen molar-refractivity contribution in [3.05, 3.63) is 61.3 Å². The second-order valence-electron chi connectivity index (χ2n) is 7.20. The Morgan fingerprint density at radius 3 is 2.18 bits per heavy atom. The van der Waals surface area contributed by atoms with E-state index >= 15 is 0 Å². The Balaban J connectivity index is 2.48. The van der Waals surface area contributed by atoms with Gasteiger partial charge in [-0.05, 0) is 48.4 Å². The van der Waals surface area contributed by atoms with Gasteiger partial charge in [0, 0.05) is 10.0 Å². The van der Waals surface area contributed by atoms with Crippen LogP contribution in [-0.2, 0) is 0 Å². The highest BCUT2D eigenvalue weighted by atomic mass is 35.5. The molecule has 148 valence electrons. The van der Waals surface area contributed by atoms with Crippen molar-refractivity contribution < 1.29 is 18.0 Å². The van der Waals surface area contributed by atoms with Crippen molar-refractivity contribution in [2.24, 2.45) is 0 Å². The van der Waals surface area contributed by atoms with Crippen molar-refractivity contribution in [1.82, 2.24) is 0 Å². The number of halogens is 5. The van der Waals surface area contributed by atoms with E-state index in [1.807, 2.05) is 0 Å². The minimum absolute atomic E-state index is 0.0565. The predicted molar refractivity (Wildman–Crippen MR) is 114 cm³/mol. The van der Waals surface area contributed by atoms with Crippen LogP contribution in [0, 0.1) is 18.4 Å². The van der Waals surface area contributed by atoms with Crippen molar-refractivity contribution >= 4 is 54.0 Å². The van der Waals surface area contributed by atoms with Gasteiger partial charge in [0.25, 0.3) is 0 Å². The van der Waals surface area contributed by atoms with Crippen LogP contribution in [0.4, 0.5) is 13.2 Å². The Morgan fingerprint density at radius 1 is 1.11 bits per heavy atom. The first-order chi connectivity index (χ1) is 12.8. The summed E-state index contributed by atoms with van der Waals surface area (Å²) in [4.78, 5) is 13.4. The molecule has 0 radical (unpaired) electrons. The molecule has 0 bridgehead atoms. The molecule has 0 N–H and O–H groups in total. The molecular formula is C20H17Cl2F3OSSi. The van der Waals surface area contributed by atoms with Crippen LogP contribution >= 0.6 is 34.5 Å². The molecule has 0 saturated heterocycles. The molecule has 28 heavy (non-hydrogen) atoms. The van der Waals surface area contributed by atoms with Crippen molar-refractivity contribution in [2.45, 2.75) is 32.7 Å². The van der Waals surface area contributed by atoms with E-state index in [0.29, 0.717) is 11.0 Å². The molecule has 0 amide bonds. The fourth-order valence-corrected chi connectivity index (χ4v) is 4.27. The van der Waals surface area contributed by atoms with Crippen LogP contribution < -0.4 is 0 Å². The number of benzene rings is 1. The predicted octanol–water partition coefficient (Wildman–Crippen LogP) is 7.42. The van der Waals surface area contributed by atoms with Gasteiger partial charge >= 0.3 is 6.18 Å². The molecule has 0 aliphatic rings. The lowest BCUT2D eigenvalue weighted by atomic mass is 10.0. The van der Waals surface area contributed by atoms with Gasteiger partial charge < -0.3 is 0 Å². The fourth-order valence-electron chi connectivity index (χ4n) is 2.21. The molecule has 0 unspecified atom stereocenters. The molecule has 1 nitrogen and oxygen atoms in total. The second kappa shape index (κ2) is 8.46. The van der Waals surface area contributed by atoms with Gasteiger partial charge in [-0.25, -0.2) is 0 Å². The summed E-state index contributed by atoms with van der Waals surface area (Å²) < 4.78 is 40.7. The Hall–Kier alpha value is -1.52. The molecule has 0 aliphatic heterocycles. The first kappa shape index (κ1) is 22.8. The molecule has 1 aromatic carbocycles. The number of carbonyl (C=O) groups excluding carboxylic acids is 1. The third-order valence-corrected chi connectivity index (χ3v) is 5.94. The zero-order valence-electron chi connectivity index (χ0n) is 15.6. The molecule has 0 atom stereocenters. The summed E-state index contributed by atoms with van der Waals surface area (Å²) in [6.45, 7) is 8.04. The number of rotatable bonds is 3. The molecule has 0 aliphatic carbocycles. The highest BCUT2D eigenvalue weighted by Crippen LogP contribution is 2.37. The van der Waals surface area contributed by atoms with Crippen molar-refractivity contribution in [3.63, 3.8) is 0 Å². The smallest absolute Gasteiger partial charge is 0.288 e. The van der Waals surface area contributed by atoms with E-state index in [1.54, 1.807) is 13.0 Å². The highest BCUT2D eigenvalue weighted by molar-refractivity contribution is 7.15. The van der Waals surface area contributed by atoms with Gasteiger partial charge in [-0.1, -0.05) is 48.8 Å². The van der Waals surface area contributed by atoms with Crippen LogP contribution in [-0.4, -0.2) is 20.0 Å². The summed E-state index contributed by atoms with van der Waals surface area (Å²) in [5.41, 5.74) is 2.61. The van der Waals surface area contributed by atoms with E-state index in [0.717, 1.165) is 29.0 Å². The van der Waals surface area contributed by atoms with Gasteiger partial charge in [0.15, 0.2) is 5.78 Å². The zero-order valence-corrected chi connectivity index (χ0v) is 18.9. The summed E-state index contributed by atoms with van der Waals surface area (Å²) in [7, 11) is -1.61. The molecule has 2 rings (SSSR count). The quantitative estimate of drug-likeness (QED) is 0.201. The van der Waals surface area contributed by atoms with Gasteiger partial charge in [0.05, 0.1) is 15.3 Å². The minimum Gasteiger partial charge on any atom is -0.288 e. The Labute approximate surface area is 177 Å². The van der Waals surface area contributed by atoms with Gasteiger partial charge in [-0.15, -0.1) is 16.9 Å². The van der Waals surface area contributed by atoms with Crippen molar-refractivity contribution in [3.8, 4) is 11.5 Å². The molecule has 8 heteroatoms. The maximum Gasteiger partial charge on any atom is 0.417 e. The Kier molecular flexibility index (Phi) is 6.88. The zero-order chi connectivity index (χ0) is 21.3. The van der Waals surface area contributed by atoms with Gasteiger partial charge in [-0.3, -0.25) is 4.79 Å². The van der Waals surface area contributed by atoms with Gasteiger partial charge in [-0.2, -0.15) is 13.2 Å². The number of thiophene rings is 1. The van der Waals surface area contributed by atoms with E-state index in [2.05, 4.69) is 31.1 Å². The molecule has 1 aromatic heterocycles. The largest absolute Gasteiger partial charge is 0.417 e. The fraction of sp³-hybridized carbons (Fsp3) is 0.250. The lowest BCUT2D eigenvalue weighted by Crippen LogP contribution is -2.16. The summed E-state index contributed by atoms with van der Waals surface area (Å²) in [5, 5.41) is 0.113. The van der Waals surface area contributed by atoms with E-state index in [9.17, 15) is 18.0 Å². The van der Waals surface area contributed by atoms with Gasteiger partial charge in [0.1, 0.15) is 8.07 Å².